The normalized spacial score (nSPS) is 9.30. The van der Waals surface area contributed by atoms with Crippen LogP contribution in [-0.4, -0.2) is 24.0 Å². The van der Waals surface area contributed by atoms with Crippen LogP contribution in [0.2, 0.25) is 0 Å². The lowest BCUT2D eigenvalue weighted by Crippen LogP contribution is -2.20. The van der Waals surface area contributed by atoms with E-state index in [4.69, 9.17) is 4.74 Å². The molecule has 1 aromatic rings. The highest BCUT2D eigenvalue weighted by Gasteiger charge is 2.09. The number of nitro benzene ring substituents is 1. The summed E-state index contributed by atoms with van der Waals surface area (Å²) in [6, 6.07) is 4.31. The van der Waals surface area contributed by atoms with E-state index in [0.29, 0.717) is 30.9 Å². The quantitative estimate of drug-likeness (QED) is 0.385. The SMILES string of the molecule is CCOc1ccc([N+](=O)[O-])cc1C#CCCNC(C)=O. The summed E-state index contributed by atoms with van der Waals surface area (Å²) in [4.78, 5) is 21.0. The molecule has 0 unspecified atom stereocenters. The molecule has 0 saturated heterocycles. The van der Waals surface area contributed by atoms with Crippen LogP contribution >= 0.6 is 0 Å². The van der Waals surface area contributed by atoms with Gasteiger partial charge in [-0.2, -0.15) is 0 Å². The van der Waals surface area contributed by atoms with Crippen molar-refractivity contribution < 1.29 is 14.5 Å². The number of amides is 1. The van der Waals surface area contributed by atoms with Gasteiger partial charge in [0, 0.05) is 32.0 Å². The van der Waals surface area contributed by atoms with Crippen molar-refractivity contribution in [1.82, 2.24) is 5.32 Å². The minimum absolute atomic E-state index is 0.0281. The zero-order valence-corrected chi connectivity index (χ0v) is 11.4. The highest BCUT2D eigenvalue weighted by atomic mass is 16.6. The van der Waals surface area contributed by atoms with Crippen molar-refractivity contribution in [2.75, 3.05) is 13.2 Å². The van der Waals surface area contributed by atoms with E-state index in [0.717, 1.165) is 0 Å². The average Bonchev–Trinajstić information content (AvgIpc) is 2.39. The molecular weight excluding hydrogens is 260 g/mol. The molecule has 0 aliphatic heterocycles. The number of nitrogens with zero attached hydrogens (tertiary/aromatic N) is 1. The third-order valence-corrected chi connectivity index (χ3v) is 2.32. The van der Waals surface area contributed by atoms with E-state index >= 15 is 0 Å². The number of carbonyl (C=O) groups is 1. The van der Waals surface area contributed by atoms with E-state index in [1.165, 1.54) is 19.1 Å². The van der Waals surface area contributed by atoms with Crippen molar-refractivity contribution >= 4 is 11.6 Å². The lowest BCUT2D eigenvalue weighted by molar-refractivity contribution is -0.384. The van der Waals surface area contributed by atoms with E-state index in [2.05, 4.69) is 17.2 Å². The molecule has 106 valence electrons. The second-order valence-corrected chi connectivity index (χ2v) is 3.91. The maximum Gasteiger partial charge on any atom is 0.270 e. The zero-order valence-electron chi connectivity index (χ0n) is 11.4. The largest absolute Gasteiger partial charge is 0.493 e. The van der Waals surface area contributed by atoms with E-state index in [1.54, 1.807) is 6.07 Å². The first-order chi connectivity index (χ1) is 9.54. The van der Waals surface area contributed by atoms with Crippen molar-refractivity contribution in [1.29, 1.82) is 0 Å². The number of hydrogen-bond donors (Lipinski definition) is 1. The van der Waals surface area contributed by atoms with Gasteiger partial charge >= 0.3 is 0 Å². The van der Waals surface area contributed by atoms with Gasteiger partial charge in [0.15, 0.2) is 0 Å². The first kappa shape index (κ1) is 15.5. The Kier molecular flexibility index (Phi) is 6.04. The second kappa shape index (κ2) is 7.79. The fourth-order valence-electron chi connectivity index (χ4n) is 1.47. The Labute approximate surface area is 117 Å². The number of non-ortho nitro benzene ring substituents is 1. The Balaban J connectivity index is 2.84. The second-order valence-electron chi connectivity index (χ2n) is 3.91. The van der Waals surface area contributed by atoms with Crippen LogP contribution in [0.25, 0.3) is 0 Å². The highest BCUT2D eigenvalue weighted by Crippen LogP contribution is 2.23. The number of nitrogens with one attached hydrogen (secondary N) is 1. The Morgan fingerprint density at radius 1 is 1.50 bits per heavy atom. The van der Waals surface area contributed by atoms with Gasteiger partial charge in [0.25, 0.3) is 5.69 Å². The van der Waals surface area contributed by atoms with Crippen LogP contribution in [0.15, 0.2) is 18.2 Å². The molecule has 0 aromatic heterocycles. The van der Waals surface area contributed by atoms with Gasteiger partial charge in [-0.3, -0.25) is 14.9 Å². The molecule has 6 heteroatoms. The summed E-state index contributed by atoms with van der Waals surface area (Å²) in [5.74, 6) is 6.10. The van der Waals surface area contributed by atoms with Gasteiger partial charge in [-0.15, -0.1) is 0 Å². The molecule has 6 nitrogen and oxygen atoms in total. The molecule has 1 N–H and O–H groups in total. The molecule has 0 aliphatic carbocycles. The molecule has 0 saturated carbocycles. The molecule has 20 heavy (non-hydrogen) atoms. The van der Waals surface area contributed by atoms with Crippen molar-refractivity contribution in [3.05, 3.63) is 33.9 Å². The van der Waals surface area contributed by atoms with E-state index < -0.39 is 4.92 Å². The Morgan fingerprint density at radius 3 is 2.85 bits per heavy atom. The molecular formula is C14H16N2O4. The van der Waals surface area contributed by atoms with Gasteiger partial charge in [0.1, 0.15) is 5.75 Å². The Hall–Kier alpha value is -2.55. The van der Waals surface area contributed by atoms with Gasteiger partial charge < -0.3 is 10.1 Å². The predicted octanol–water partition coefficient (Wildman–Crippen LogP) is 1.87. The number of ether oxygens (including phenoxy) is 1. The van der Waals surface area contributed by atoms with E-state index in [1.807, 2.05) is 6.92 Å². The smallest absolute Gasteiger partial charge is 0.270 e. The van der Waals surface area contributed by atoms with Crippen LogP contribution in [0.5, 0.6) is 5.75 Å². The minimum atomic E-state index is -0.474. The summed E-state index contributed by atoms with van der Waals surface area (Å²) in [7, 11) is 0. The Morgan fingerprint density at radius 2 is 2.25 bits per heavy atom. The Bertz CT molecular complexity index is 558. The maximum atomic E-state index is 10.7. The summed E-state index contributed by atoms with van der Waals surface area (Å²) in [6.07, 6.45) is 0.466. The number of hydrogen-bond acceptors (Lipinski definition) is 4. The minimum Gasteiger partial charge on any atom is -0.493 e. The zero-order chi connectivity index (χ0) is 15.0. The van der Waals surface area contributed by atoms with Gasteiger partial charge in [0.05, 0.1) is 17.1 Å². The third kappa shape index (κ3) is 4.98. The van der Waals surface area contributed by atoms with Crippen molar-refractivity contribution in [2.24, 2.45) is 0 Å². The van der Waals surface area contributed by atoms with Crippen LogP contribution in [0.4, 0.5) is 5.69 Å². The topological polar surface area (TPSA) is 81.5 Å². The summed E-state index contributed by atoms with van der Waals surface area (Å²) in [5.41, 5.74) is 0.448. The molecule has 1 amide bonds. The number of nitro groups is 1. The predicted molar refractivity (Wildman–Crippen MR) is 74.4 cm³/mol. The number of carbonyl (C=O) groups excluding carboxylic acids is 1. The molecule has 1 rings (SSSR count). The molecule has 0 atom stereocenters. The monoisotopic (exact) mass is 276 g/mol. The highest BCUT2D eigenvalue weighted by molar-refractivity contribution is 5.72. The van der Waals surface area contributed by atoms with E-state index in [9.17, 15) is 14.9 Å². The number of benzene rings is 1. The maximum absolute atomic E-state index is 10.7. The van der Waals surface area contributed by atoms with Gasteiger partial charge in [-0.05, 0) is 13.0 Å². The van der Waals surface area contributed by atoms with Gasteiger partial charge in [0.2, 0.25) is 5.91 Å². The fraction of sp³-hybridized carbons (Fsp3) is 0.357. The van der Waals surface area contributed by atoms with Crippen LogP contribution < -0.4 is 10.1 Å². The molecule has 0 aliphatic rings. The van der Waals surface area contributed by atoms with Crippen molar-refractivity contribution in [3.8, 4) is 17.6 Å². The molecule has 1 aromatic carbocycles. The van der Waals surface area contributed by atoms with Crippen LogP contribution in [0.3, 0.4) is 0 Å². The molecule has 0 radical (unpaired) electrons. The average molecular weight is 276 g/mol. The summed E-state index contributed by atoms with van der Waals surface area (Å²) < 4.78 is 5.37. The first-order valence-electron chi connectivity index (χ1n) is 6.19. The van der Waals surface area contributed by atoms with Crippen molar-refractivity contribution in [2.45, 2.75) is 20.3 Å². The third-order valence-electron chi connectivity index (χ3n) is 2.32. The molecule has 0 fully saturated rings. The molecule has 0 heterocycles. The standard InChI is InChI=1S/C14H16N2O4/c1-3-20-14-8-7-13(16(18)19)10-12(14)6-4-5-9-15-11(2)17/h7-8,10H,3,5,9H2,1-2H3,(H,15,17). The summed E-state index contributed by atoms with van der Waals surface area (Å²) in [6.45, 7) is 4.16. The molecule has 0 spiro atoms. The van der Waals surface area contributed by atoms with E-state index in [-0.39, 0.29) is 11.6 Å². The van der Waals surface area contributed by atoms with Crippen molar-refractivity contribution in [3.63, 3.8) is 0 Å². The molecule has 0 bridgehead atoms. The van der Waals surface area contributed by atoms with Gasteiger partial charge in [-0.25, -0.2) is 0 Å². The van der Waals surface area contributed by atoms with Crippen LogP contribution in [-0.2, 0) is 4.79 Å². The van der Waals surface area contributed by atoms with Gasteiger partial charge in [-0.1, -0.05) is 11.8 Å². The fourth-order valence-corrected chi connectivity index (χ4v) is 1.47. The summed E-state index contributed by atoms with van der Waals surface area (Å²) in [5, 5.41) is 13.4. The van der Waals surface area contributed by atoms with Crippen LogP contribution in [0.1, 0.15) is 25.8 Å². The number of rotatable bonds is 5. The lowest BCUT2D eigenvalue weighted by atomic mass is 10.1. The lowest BCUT2D eigenvalue weighted by Gasteiger charge is -2.05. The first-order valence-corrected chi connectivity index (χ1v) is 6.19. The van der Waals surface area contributed by atoms with Crippen LogP contribution in [0, 0.1) is 22.0 Å². The summed E-state index contributed by atoms with van der Waals surface area (Å²) >= 11 is 0.